The number of nitrogens with zero attached hydrogens (tertiary/aromatic N) is 2. The standard InChI is InChI=1S/C19H15N3OS/c1-24-15-9-7-13(8-10-15)17-12-11-16-18(20-17)21-22(19(16)23)14-5-3-2-4-6-14/h2-12H,1H3,(H,20,21). The molecule has 5 heteroatoms. The topological polar surface area (TPSA) is 50.7 Å². The normalized spacial score (nSPS) is 11.0. The van der Waals surface area contributed by atoms with Crippen molar-refractivity contribution in [1.82, 2.24) is 14.8 Å². The maximum atomic E-state index is 12.5. The summed E-state index contributed by atoms with van der Waals surface area (Å²) in [6, 6.07) is 21.5. The first-order valence-corrected chi connectivity index (χ1v) is 8.80. The Labute approximate surface area is 143 Å². The fraction of sp³-hybridized carbons (Fsp3) is 0.0526. The average molecular weight is 333 g/mol. The molecule has 4 nitrogen and oxygen atoms in total. The number of aromatic amines is 1. The highest BCUT2D eigenvalue weighted by Gasteiger charge is 2.10. The lowest BCUT2D eigenvalue weighted by atomic mass is 10.1. The fourth-order valence-electron chi connectivity index (χ4n) is 2.68. The predicted molar refractivity (Wildman–Crippen MR) is 98.9 cm³/mol. The molecule has 0 saturated carbocycles. The first-order chi connectivity index (χ1) is 11.8. The van der Waals surface area contributed by atoms with E-state index in [0.29, 0.717) is 11.0 Å². The number of pyridine rings is 1. The van der Waals surface area contributed by atoms with Crippen LogP contribution in [-0.4, -0.2) is 21.0 Å². The summed E-state index contributed by atoms with van der Waals surface area (Å²) < 4.78 is 1.53. The molecule has 2 aromatic carbocycles. The van der Waals surface area contributed by atoms with Crippen molar-refractivity contribution in [3.05, 3.63) is 77.1 Å². The monoisotopic (exact) mass is 333 g/mol. The molecule has 1 N–H and O–H groups in total. The Morgan fingerprint density at radius 2 is 1.71 bits per heavy atom. The smallest absolute Gasteiger partial charge is 0.274 e. The maximum Gasteiger partial charge on any atom is 0.280 e. The van der Waals surface area contributed by atoms with Gasteiger partial charge in [0.25, 0.3) is 5.56 Å². The Morgan fingerprint density at radius 1 is 0.958 bits per heavy atom. The van der Waals surface area contributed by atoms with Gasteiger partial charge in [-0.2, -0.15) is 0 Å². The summed E-state index contributed by atoms with van der Waals surface area (Å²) in [5.41, 5.74) is 3.18. The van der Waals surface area contributed by atoms with Crippen LogP contribution >= 0.6 is 11.8 Å². The number of fused-ring (bicyclic) bond motifs is 1. The van der Waals surface area contributed by atoms with Gasteiger partial charge >= 0.3 is 0 Å². The highest BCUT2D eigenvalue weighted by atomic mass is 32.2. The Morgan fingerprint density at radius 3 is 2.42 bits per heavy atom. The molecule has 0 radical (unpaired) electrons. The zero-order valence-corrected chi connectivity index (χ0v) is 13.9. The second kappa shape index (κ2) is 6.02. The third-order valence-corrected chi connectivity index (χ3v) is 4.69. The van der Waals surface area contributed by atoms with Crippen LogP contribution in [-0.2, 0) is 0 Å². The number of benzene rings is 2. The minimum Gasteiger partial charge on any atom is -0.274 e. The molecule has 2 aromatic heterocycles. The van der Waals surface area contributed by atoms with E-state index in [1.54, 1.807) is 11.8 Å². The summed E-state index contributed by atoms with van der Waals surface area (Å²) in [5.74, 6) is 0. The second-order valence-electron chi connectivity index (χ2n) is 5.41. The van der Waals surface area contributed by atoms with Gasteiger partial charge in [-0.1, -0.05) is 30.3 Å². The van der Waals surface area contributed by atoms with Crippen LogP contribution < -0.4 is 5.56 Å². The molecular weight excluding hydrogens is 318 g/mol. The Bertz CT molecular complexity index is 1050. The van der Waals surface area contributed by atoms with Crippen molar-refractivity contribution < 1.29 is 0 Å². The number of hydrogen-bond acceptors (Lipinski definition) is 3. The van der Waals surface area contributed by atoms with Gasteiger partial charge < -0.3 is 0 Å². The van der Waals surface area contributed by atoms with E-state index in [1.807, 2.05) is 54.6 Å². The van der Waals surface area contributed by atoms with Crippen LogP contribution in [0.2, 0.25) is 0 Å². The zero-order valence-electron chi connectivity index (χ0n) is 13.1. The number of para-hydroxylation sites is 1. The van der Waals surface area contributed by atoms with Gasteiger partial charge in [0.15, 0.2) is 5.65 Å². The lowest BCUT2D eigenvalue weighted by Gasteiger charge is -2.02. The van der Waals surface area contributed by atoms with Gasteiger partial charge in [-0.25, -0.2) is 9.67 Å². The van der Waals surface area contributed by atoms with Crippen LogP contribution in [0.5, 0.6) is 0 Å². The summed E-state index contributed by atoms with van der Waals surface area (Å²) in [7, 11) is 0. The van der Waals surface area contributed by atoms with E-state index in [1.165, 1.54) is 9.58 Å². The summed E-state index contributed by atoms with van der Waals surface area (Å²) in [4.78, 5) is 18.4. The van der Waals surface area contributed by atoms with Crippen molar-refractivity contribution in [2.75, 3.05) is 6.26 Å². The minimum atomic E-state index is -0.0898. The molecule has 0 unspecified atom stereocenters. The highest BCUT2D eigenvalue weighted by Crippen LogP contribution is 2.23. The fourth-order valence-corrected chi connectivity index (χ4v) is 3.08. The van der Waals surface area contributed by atoms with Gasteiger partial charge in [-0.3, -0.25) is 9.89 Å². The van der Waals surface area contributed by atoms with E-state index in [-0.39, 0.29) is 5.56 Å². The molecular formula is C19H15N3OS. The molecule has 4 rings (SSSR count). The summed E-state index contributed by atoms with van der Waals surface area (Å²) in [6.07, 6.45) is 2.05. The molecule has 0 saturated heterocycles. The molecule has 0 bridgehead atoms. The van der Waals surface area contributed by atoms with Gasteiger partial charge in [0.05, 0.1) is 16.8 Å². The van der Waals surface area contributed by atoms with Gasteiger partial charge in [-0.05, 0) is 42.7 Å². The van der Waals surface area contributed by atoms with Crippen molar-refractivity contribution in [3.8, 4) is 16.9 Å². The van der Waals surface area contributed by atoms with Gasteiger partial charge in [0.1, 0.15) is 0 Å². The first kappa shape index (κ1) is 14.8. The summed E-state index contributed by atoms with van der Waals surface area (Å²) in [6.45, 7) is 0. The molecule has 4 aromatic rings. The lowest BCUT2D eigenvalue weighted by Crippen LogP contribution is -2.13. The van der Waals surface area contributed by atoms with Crippen LogP contribution in [0.15, 0.2) is 76.4 Å². The highest BCUT2D eigenvalue weighted by molar-refractivity contribution is 7.98. The van der Waals surface area contributed by atoms with E-state index in [0.717, 1.165) is 16.9 Å². The summed E-state index contributed by atoms with van der Waals surface area (Å²) in [5, 5.41) is 3.69. The largest absolute Gasteiger partial charge is 0.280 e. The Hall–Kier alpha value is -2.79. The number of H-pyrrole nitrogens is 1. The van der Waals surface area contributed by atoms with E-state index < -0.39 is 0 Å². The van der Waals surface area contributed by atoms with Crippen molar-refractivity contribution >= 4 is 22.8 Å². The Kier molecular flexibility index (Phi) is 3.70. The van der Waals surface area contributed by atoms with Crippen molar-refractivity contribution in [1.29, 1.82) is 0 Å². The lowest BCUT2D eigenvalue weighted by molar-refractivity contribution is 0.859. The van der Waals surface area contributed by atoms with Crippen molar-refractivity contribution in [2.24, 2.45) is 0 Å². The second-order valence-corrected chi connectivity index (χ2v) is 6.29. The van der Waals surface area contributed by atoms with Crippen LogP contribution in [0, 0.1) is 0 Å². The Balaban J connectivity index is 1.82. The first-order valence-electron chi connectivity index (χ1n) is 7.58. The number of rotatable bonds is 3. The van der Waals surface area contributed by atoms with Crippen molar-refractivity contribution in [3.63, 3.8) is 0 Å². The molecule has 24 heavy (non-hydrogen) atoms. The molecule has 0 aliphatic carbocycles. The van der Waals surface area contributed by atoms with E-state index in [9.17, 15) is 4.79 Å². The predicted octanol–water partition coefficient (Wildman–Crippen LogP) is 4.10. The molecule has 0 aliphatic rings. The third-order valence-electron chi connectivity index (χ3n) is 3.95. The zero-order chi connectivity index (χ0) is 16.5. The molecule has 2 heterocycles. The number of nitrogens with one attached hydrogen (secondary N) is 1. The molecule has 0 fully saturated rings. The molecule has 118 valence electrons. The molecule has 0 atom stereocenters. The average Bonchev–Trinajstić information content (AvgIpc) is 2.99. The van der Waals surface area contributed by atoms with E-state index in [4.69, 9.17) is 0 Å². The van der Waals surface area contributed by atoms with Crippen LogP contribution in [0.4, 0.5) is 0 Å². The van der Waals surface area contributed by atoms with Crippen LogP contribution in [0.25, 0.3) is 28.0 Å². The number of hydrogen-bond donors (Lipinski definition) is 1. The van der Waals surface area contributed by atoms with E-state index in [2.05, 4.69) is 28.5 Å². The van der Waals surface area contributed by atoms with Crippen molar-refractivity contribution in [2.45, 2.75) is 4.90 Å². The summed E-state index contributed by atoms with van der Waals surface area (Å²) >= 11 is 1.71. The van der Waals surface area contributed by atoms with Gasteiger partial charge in [0.2, 0.25) is 0 Å². The van der Waals surface area contributed by atoms with Gasteiger partial charge in [-0.15, -0.1) is 11.8 Å². The SMILES string of the molecule is CSc1ccc(-c2ccc3c(=O)n(-c4ccccc4)[nH]c3n2)cc1. The number of aromatic nitrogens is 3. The minimum absolute atomic E-state index is 0.0898. The molecule has 0 spiro atoms. The number of thioether (sulfide) groups is 1. The molecule has 0 aliphatic heterocycles. The molecule has 0 amide bonds. The van der Waals surface area contributed by atoms with E-state index >= 15 is 0 Å². The van der Waals surface area contributed by atoms with Crippen LogP contribution in [0.3, 0.4) is 0 Å². The van der Waals surface area contributed by atoms with Crippen LogP contribution in [0.1, 0.15) is 0 Å². The maximum absolute atomic E-state index is 12.5. The van der Waals surface area contributed by atoms with Gasteiger partial charge in [0, 0.05) is 10.5 Å². The quantitative estimate of drug-likeness (QED) is 0.574. The third kappa shape index (κ3) is 2.53.